The summed E-state index contributed by atoms with van der Waals surface area (Å²) >= 11 is 1.73. The highest BCUT2D eigenvalue weighted by Gasteiger charge is 2.29. The van der Waals surface area contributed by atoms with E-state index in [4.69, 9.17) is 0 Å². The van der Waals surface area contributed by atoms with Gasteiger partial charge in [-0.05, 0) is 54.5 Å². The lowest BCUT2D eigenvalue weighted by Crippen LogP contribution is -2.22. The zero-order valence-corrected chi connectivity index (χ0v) is 15.1. The van der Waals surface area contributed by atoms with Crippen LogP contribution in [-0.4, -0.2) is 18.1 Å². The first-order valence-corrected chi connectivity index (χ1v) is 9.81. The molecule has 1 saturated carbocycles. The van der Waals surface area contributed by atoms with Gasteiger partial charge in [0.2, 0.25) is 5.91 Å². The monoisotopic (exact) mass is 354 g/mol. The van der Waals surface area contributed by atoms with E-state index in [9.17, 15) is 9.59 Å². The Hall–Kier alpha value is -2.27. The summed E-state index contributed by atoms with van der Waals surface area (Å²) in [4.78, 5) is 24.0. The van der Waals surface area contributed by atoms with Gasteiger partial charge in [-0.3, -0.25) is 9.59 Å². The van der Waals surface area contributed by atoms with Crippen molar-refractivity contribution in [1.82, 2.24) is 5.32 Å². The maximum atomic E-state index is 12.3. The number of rotatable bonds is 7. The van der Waals surface area contributed by atoms with Crippen LogP contribution in [-0.2, 0) is 17.1 Å². The number of anilines is 1. The van der Waals surface area contributed by atoms with Crippen LogP contribution in [0.25, 0.3) is 0 Å². The van der Waals surface area contributed by atoms with Gasteiger partial charge >= 0.3 is 0 Å². The summed E-state index contributed by atoms with van der Waals surface area (Å²) in [5.74, 6) is 1.12. The quantitative estimate of drug-likeness (QED) is 0.794. The SMILES string of the molecule is CSCc1cccc(C(=O)NCc2ccc(NC(=O)C3CC3)cc2)c1. The van der Waals surface area contributed by atoms with Gasteiger partial charge in [0.05, 0.1) is 0 Å². The second kappa shape index (κ2) is 8.21. The fourth-order valence-electron chi connectivity index (χ4n) is 2.55. The van der Waals surface area contributed by atoms with E-state index in [1.54, 1.807) is 11.8 Å². The molecule has 25 heavy (non-hydrogen) atoms. The molecule has 2 aromatic rings. The maximum absolute atomic E-state index is 12.3. The normalized spacial score (nSPS) is 13.3. The summed E-state index contributed by atoms with van der Waals surface area (Å²) in [6.45, 7) is 0.461. The summed E-state index contributed by atoms with van der Waals surface area (Å²) in [6, 6.07) is 15.3. The minimum absolute atomic E-state index is 0.0749. The van der Waals surface area contributed by atoms with Gasteiger partial charge in [-0.2, -0.15) is 11.8 Å². The van der Waals surface area contributed by atoms with Gasteiger partial charge in [0.1, 0.15) is 0 Å². The molecule has 1 fully saturated rings. The Morgan fingerprint density at radius 2 is 1.84 bits per heavy atom. The summed E-state index contributed by atoms with van der Waals surface area (Å²) in [6.07, 6.45) is 4.03. The number of nitrogens with one attached hydrogen (secondary N) is 2. The predicted octanol–water partition coefficient (Wildman–Crippen LogP) is 3.83. The molecule has 4 nitrogen and oxygen atoms in total. The largest absolute Gasteiger partial charge is 0.348 e. The Balaban J connectivity index is 1.53. The standard InChI is InChI=1S/C20H22N2O2S/c1-25-13-15-3-2-4-17(11-15)19(23)21-12-14-5-9-18(10-6-14)22-20(24)16-7-8-16/h2-6,9-11,16H,7-8,12-13H2,1H3,(H,21,23)(H,22,24). The molecule has 0 heterocycles. The highest BCUT2D eigenvalue weighted by molar-refractivity contribution is 7.97. The van der Waals surface area contributed by atoms with Crippen molar-refractivity contribution in [1.29, 1.82) is 0 Å². The van der Waals surface area contributed by atoms with Crippen LogP contribution in [0.1, 0.15) is 34.3 Å². The number of hydrogen-bond donors (Lipinski definition) is 2. The lowest BCUT2D eigenvalue weighted by atomic mass is 10.1. The van der Waals surface area contributed by atoms with Crippen LogP contribution < -0.4 is 10.6 Å². The first kappa shape index (κ1) is 17.5. The Labute approximate surface area is 152 Å². The van der Waals surface area contributed by atoms with E-state index >= 15 is 0 Å². The van der Waals surface area contributed by atoms with E-state index in [2.05, 4.69) is 10.6 Å². The highest BCUT2D eigenvalue weighted by Crippen LogP contribution is 2.30. The van der Waals surface area contributed by atoms with Crippen molar-refractivity contribution in [3.05, 3.63) is 65.2 Å². The number of benzene rings is 2. The van der Waals surface area contributed by atoms with Gasteiger partial charge in [-0.1, -0.05) is 24.3 Å². The van der Waals surface area contributed by atoms with Crippen molar-refractivity contribution in [2.24, 2.45) is 5.92 Å². The molecule has 1 aliphatic carbocycles. The van der Waals surface area contributed by atoms with Gasteiger partial charge in [0.15, 0.2) is 0 Å². The molecule has 2 aromatic carbocycles. The van der Waals surface area contributed by atoms with Crippen LogP contribution in [0.5, 0.6) is 0 Å². The third-order valence-electron chi connectivity index (χ3n) is 4.12. The molecule has 130 valence electrons. The molecule has 0 spiro atoms. The Morgan fingerprint density at radius 3 is 2.52 bits per heavy atom. The fraction of sp³-hybridized carbons (Fsp3) is 0.300. The minimum Gasteiger partial charge on any atom is -0.348 e. The van der Waals surface area contributed by atoms with Crippen molar-refractivity contribution in [3.63, 3.8) is 0 Å². The van der Waals surface area contributed by atoms with Crippen LogP contribution in [0.2, 0.25) is 0 Å². The molecule has 2 amide bonds. The second-order valence-corrected chi connectivity index (χ2v) is 7.14. The molecule has 0 bridgehead atoms. The molecule has 0 aliphatic heterocycles. The van der Waals surface area contributed by atoms with E-state index in [0.717, 1.165) is 35.4 Å². The Bertz CT molecular complexity index is 755. The number of carbonyl (C=O) groups excluding carboxylic acids is 2. The summed E-state index contributed by atoms with van der Waals surface area (Å²) in [5, 5.41) is 5.85. The van der Waals surface area contributed by atoms with E-state index in [0.29, 0.717) is 12.1 Å². The summed E-state index contributed by atoms with van der Waals surface area (Å²) in [5.41, 5.74) is 3.63. The summed E-state index contributed by atoms with van der Waals surface area (Å²) < 4.78 is 0. The molecule has 0 atom stereocenters. The van der Waals surface area contributed by atoms with Crippen molar-refractivity contribution < 1.29 is 9.59 Å². The van der Waals surface area contributed by atoms with Gasteiger partial charge in [0, 0.05) is 29.5 Å². The first-order chi connectivity index (χ1) is 12.2. The van der Waals surface area contributed by atoms with E-state index in [1.807, 2.05) is 54.8 Å². The molecular formula is C20H22N2O2S. The van der Waals surface area contributed by atoms with Crippen LogP contribution in [0.15, 0.2) is 48.5 Å². The van der Waals surface area contributed by atoms with Crippen molar-refractivity contribution in [2.75, 3.05) is 11.6 Å². The molecule has 0 saturated heterocycles. The van der Waals surface area contributed by atoms with Crippen LogP contribution >= 0.6 is 11.8 Å². The molecule has 1 aliphatic rings. The van der Waals surface area contributed by atoms with E-state index in [-0.39, 0.29) is 17.7 Å². The number of thioether (sulfide) groups is 1. The molecule has 0 unspecified atom stereocenters. The zero-order chi connectivity index (χ0) is 17.6. The first-order valence-electron chi connectivity index (χ1n) is 8.41. The van der Waals surface area contributed by atoms with Gasteiger partial charge in [-0.25, -0.2) is 0 Å². The van der Waals surface area contributed by atoms with Crippen LogP contribution in [0.3, 0.4) is 0 Å². The lowest BCUT2D eigenvalue weighted by molar-refractivity contribution is -0.117. The Kier molecular flexibility index (Phi) is 5.76. The zero-order valence-electron chi connectivity index (χ0n) is 14.2. The third-order valence-corrected chi connectivity index (χ3v) is 4.74. The smallest absolute Gasteiger partial charge is 0.251 e. The lowest BCUT2D eigenvalue weighted by Gasteiger charge is -2.08. The van der Waals surface area contributed by atoms with Gasteiger partial charge < -0.3 is 10.6 Å². The number of hydrogen-bond acceptors (Lipinski definition) is 3. The molecular weight excluding hydrogens is 332 g/mol. The average molecular weight is 354 g/mol. The maximum Gasteiger partial charge on any atom is 0.251 e. The third kappa shape index (κ3) is 5.10. The second-order valence-electron chi connectivity index (χ2n) is 6.28. The Morgan fingerprint density at radius 1 is 1.08 bits per heavy atom. The minimum atomic E-state index is -0.0749. The molecule has 0 aromatic heterocycles. The predicted molar refractivity (Wildman–Crippen MR) is 103 cm³/mol. The van der Waals surface area contributed by atoms with E-state index < -0.39 is 0 Å². The number of carbonyl (C=O) groups is 2. The average Bonchev–Trinajstić information content (AvgIpc) is 3.46. The van der Waals surface area contributed by atoms with Gasteiger partial charge in [-0.15, -0.1) is 0 Å². The van der Waals surface area contributed by atoms with Crippen molar-refractivity contribution in [3.8, 4) is 0 Å². The van der Waals surface area contributed by atoms with Crippen LogP contribution in [0, 0.1) is 5.92 Å². The highest BCUT2D eigenvalue weighted by atomic mass is 32.2. The number of amides is 2. The molecule has 0 radical (unpaired) electrons. The van der Waals surface area contributed by atoms with Crippen molar-refractivity contribution in [2.45, 2.75) is 25.1 Å². The van der Waals surface area contributed by atoms with Crippen LogP contribution in [0.4, 0.5) is 5.69 Å². The van der Waals surface area contributed by atoms with Gasteiger partial charge in [0.25, 0.3) is 5.91 Å². The fourth-order valence-corrected chi connectivity index (χ4v) is 3.06. The summed E-state index contributed by atoms with van der Waals surface area (Å²) in [7, 11) is 0. The van der Waals surface area contributed by atoms with E-state index in [1.165, 1.54) is 0 Å². The van der Waals surface area contributed by atoms with Crippen molar-refractivity contribution >= 4 is 29.3 Å². The molecule has 3 rings (SSSR count). The molecule has 5 heteroatoms. The topological polar surface area (TPSA) is 58.2 Å². The molecule has 2 N–H and O–H groups in total.